The molecule has 0 saturated carbocycles. The van der Waals surface area contributed by atoms with Gasteiger partial charge in [-0.3, -0.25) is 0 Å². The van der Waals surface area contributed by atoms with Gasteiger partial charge in [-0.1, -0.05) is 23.7 Å². The first-order valence-corrected chi connectivity index (χ1v) is 9.55. The second-order valence-corrected chi connectivity index (χ2v) is 7.72. The number of nitrogens with zero attached hydrogens (tertiary/aromatic N) is 1. The van der Waals surface area contributed by atoms with Crippen molar-refractivity contribution in [2.45, 2.75) is 32.2 Å². The lowest BCUT2D eigenvalue weighted by Crippen LogP contribution is -2.17. The second kappa shape index (κ2) is 8.31. The van der Waals surface area contributed by atoms with E-state index in [4.69, 9.17) is 35.5 Å². The van der Waals surface area contributed by atoms with Gasteiger partial charge in [0.05, 0.1) is 31.9 Å². The SMILES string of the molecule is COc1ccc(CCc2c(C3=NC(C)(C)CO3)cc(Cl)c(OC)c2OC)cc1. The minimum absolute atomic E-state index is 0.262. The average molecular weight is 404 g/mol. The fourth-order valence-corrected chi connectivity index (χ4v) is 3.55. The maximum atomic E-state index is 6.46. The number of benzene rings is 2. The van der Waals surface area contributed by atoms with E-state index in [1.54, 1.807) is 21.3 Å². The van der Waals surface area contributed by atoms with E-state index < -0.39 is 0 Å². The van der Waals surface area contributed by atoms with Gasteiger partial charge in [-0.05, 0) is 50.5 Å². The Hall–Kier alpha value is -2.40. The van der Waals surface area contributed by atoms with Gasteiger partial charge in [0.2, 0.25) is 5.90 Å². The highest BCUT2D eigenvalue weighted by molar-refractivity contribution is 6.32. The summed E-state index contributed by atoms with van der Waals surface area (Å²) < 4.78 is 22.3. The van der Waals surface area contributed by atoms with E-state index in [9.17, 15) is 0 Å². The average Bonchev–Trinajstić information content (AvgIpc) is 3.06. The minimum Gasteiger partial charge on any atom is -0.497 e. The molecule has 2 aromatic carbocycles. The molecule has 0 amide bonds. The number of methoxy groups -OCH3 is 3. The summed E-state index contributed by atoms with van der Waals surface area (Å²) in [4.78, 5) is 4.72. The third-order valence-electron chi connectivity index (χ3n) is 4.72. The standard InChI is InChI=1S/C22H26ClNO4/c1-22(2)13-28-21(24-22)17-12-18(23)20(27-5)19(26-4)16(17)11-8-14-6-9-15(25-3)10-7-14/h6-7,9-10,12H,8,11,13H2,1-5H3. The Morgan fingerprint density at radius 1 is 1.00 bits per heavy atom. The van der Waals surface area contributed by atoms with Gasteiger partial charge in [-0.25, -0.2) is 4.99 Å². The lowest BCUT2D eigenvalue weighted by atomic mass is 9.97. The Bertz CT molecular complexity index is 875. The minimum atomic E-state index is -0.262. The van der Waals surface area contributed by atoms with Gasteiger partial charge in [0.25, 0.3) is 0 Å². The second-order valence-electron chi connectivity index (χ2n) is 7.32. The number of rotatable bonds is 7. The monoisotopic (exact) mass is 403 g/mol. The fourth-order valence-electron chi connectivity index (χ4n) is 3.28. The van der Waals surface area contributed by atoms with Crippen molar-refractivity contribution in [3.05, 3.63) is 52.0 Å². The van der Waals surface area contributed by atoms with Crippen LogP contribution in [0.2, 0.25) is 5.02 Å². The maximum Gasteiger partial charge on any atom is 0.217 e. The van der Waals surface area contributed by atoms with E-state index >= 15 is 0 Å². The van der Waals surface area contributed by atoms with Crippen LogP contribution in [0.15, 0.2) is 35.3 Å². The van der Waals surface area contributed by atoms with Crippen LogP contribution in [0.4, 0.5) is 0 Å². The first-order chi connectivity index (χ1) is 13.4. The molecular weight excluding hydrogens is 378 g/mol. The molecule has 0 radical (unpaired) electrons. The van der Waals surface area contributed by atoms with Crippen molar-refractivity contribution in [1.82, 2.24) is 0 Å². The molecule has 3 rings (SSSR count). The van der Waals surface area contributed by atoms with E-state index in [-0.39, 0.29) is 5.54 Å². The van der Waals surface area contributed by atoms with Crippen LogP contribution >= 0.6 is 11.6 Å². The molecule has 0 bridgehead atoms. The Morgan fingerprint density at radius 2 is 1.68 bits per heavy atom. The topological polar surface area (TPSA) is 49.3 Å². The van der Waals surface area contributed by atoms with Crippen LogP contribution in [-0.2, 0) is 17.6 Å². The quantitative estimate of drug-likeness (QED) is 0.672. The third-order valence-corrected chi connectivity index (χ3v) is 5.00. The van der Waals surface area contributed by atoms with Crippen molar-refractivity contribution in [3.8, 4) is 17.2 Å². The number of hydrogen-bond donors (Lipinski definition) is 0. The first kappa shape index (κ1) is 20.3. The maximum absolute atomic E-state index is 6.46. The molecule has 0 atom stereocenters. The normalized spacial score (nSPS) is 15.0. The predicted octanol–water partition coefficient (Wildman–Crippen LogP) is 4.71. The van der Waals surface area contributed by atoms with Crippen LogP contribution in [0.25, 0.3) is 0 Å². The smallest absolute Gasteiger partial charge is 0.217 e. The molecule has 0 aromatic heterocycles. The summed E-state index contributed by atoms with van der Waals surface area (Å²) in [6.45, 7) is 4.62. The molecule has 2 aromatic rings. The third kappa shape index (κ3) is 4.20. The van der Waals surface area contributed by atoms with E-state index in [1.807, 2.05) is 32.0 Å². The van der Waals surface area contributed by atoms with Gasteiger partial charge >= 0.3 is 0 Å². The van der Waals surface area contributed by atoms with E-state index in [0.29, 0.717) is 29.0 Å². The molecule has 1 aliphatic heterocycles. The molecular formula is C22H26ClNO4. The molecule has 1 aliphatic rings. The van der Waals surface area contributed by atoms with Crippen LogP contribution in [0.1, 0.15) is 30.5 Å². The van der Waals surface area contributed by atoms with Gasteiger partial charge in [0.15, 0.2) is 11.5 Å². The lowest BCUT2D eigenvalue weighted by Gasteiger charge is -2.18. The van der Waals surface area contributed by atoms with Crippen molar-refractivity contribution in [3.63, 3.8) is 0 Å². The summed E-state index contributed by atoms with van der Waals surface area (Å²) in [5.74, 6) is 2.58. The summed E-state index contributed by atoms with van der Waals surface area (Å²) in [5.41, 5.74) is 2.75. The molecule has 5 nitrogen and oxygen atoms in total. The van der Waals surface area contributed by atoms with Crippen molar-refractivity contribution < 1.29 is 18.9 Å². The Labute approximate surface area is 171 Å². The molecule has 1 heterocycles. The molecule has 28 heavy (non-hydrogen) atoms. The number of ether oxygens (including phenoxy) is 4. The van der Waals surface area contributed by atoms with Crippen molar-refractivity contribution >= 4 is 17.5 Å². The molecule has 6 heteroatoms. The molecule has 0 aliphatic carbocycles. The predicted molar refractivity (Wildman–Crippen MR) is 112 cm³/mol. The molecule has 0 N–H and O–H groups in total. The van der Waals surface area contributed by atoms with E-state index in [0.717, 1.165) is 29.7 Å². The Balaban J connectivity index is 2.00. The molecule has 150 valence electrons. The molecule has 0 unspecified atom stereocenters. The van der Waals surface area contributed by atoms with E-state index in [2.05, 4.69) is 12.1 Å². The van der Waals surface area contributed by atoms with Gasteiger partial charge in [0.1, 0.15) is 12.4 Å². The fraction of sp³-hybridized carbons (Fsp3) is 0.409. The highest BCUT2D eigenvalue weighted by Gasteiger charge is 2.30. The van der Waals surface area contributed by atoms with Crippen LogP contribution < -0.4 is 14.2 Å². The van der Waals surface area contributed by atoms with Crippen LogP contribution in [0.5, 0.6) is 17.2 Å². The summed E-state index contributed by atoms with van der Waals surface area (Å²) >= 11 is 6.46. The van der Waals surface area contributed by atoms with Gasteiger partial charge in [0, 0.05) is 11.1 Å². The molecule has 0 fully saturated rings. The van der Waals surface area contributed by atoms with E-state index in [1.165, 1.54) is 5.56 Å². The highest BCUT2D eigenvalue weighted by Crippen LogP contribution is 2.41. The Morgan fingerprint density at radius 3 is 2.21 bits per heavy atom. The lowest BCUT2D eigenvalue weighted by molar-refractivity contribution is 0.279. The summed E-state index contributed by atoms with van der Waals surface area (Å²) in [5, 5.41) is 0.471. The summed E-state index contributed by atoms with van der Waals surface area (Å²) in [7, 11) is 4.87. The summed E-state index contributed by atoms with van der Waals surface area (Å²) in [6, 6.07) is 9.90. The zero-order valence-corrected chi connectivity index (χ0v) is 17.7. The van der Waals surface area contributed by atoms with Crippen LogP contribution in [0.3, 0.4) is 0 Å². The number of aryl methyl sites for hydroxylation is 1. The number of halogens is 1. The Kier molecular flexibility index (Phi) is 6.04. The number of hydrogen-bond acceptors (Lipinski definition) is 5. The van der Waals surface area contributed by atoms with Gasteiger partial charge in [-0.2, -0.15) is 0 Å². The highest BCUT2D eigenvalue weighted by atomic mass is 35.5. The van der Waals surface area contributed by atoms with Crippen LogP contribution in [0, 0.1) is 0 Å². The van der Waals surface area contributed by atoms with Crippen molar-refractivity contribution in [2.24, 2.45) is 4.99 Å². The van der Waals surface area contributed by atoms with Crippen LogP contribution in [-0.4, -0.2) is 39.4 Å². The largest absolute Gasteiger partial charge is 0.497 e. The number of aliphatic imine (C=N–C) groups is 1. The van der Waals surface area contributed by atoms with Crippen molar-refractivity contribution in [1.29, 1.82) is 0 Å². The zero-order chi connectivity index (χ0) is 20.3. The molecule has 0 spiro atoms. The summed E-state index contributed by atoms with van der Waals surface area (Å²) in [6.07, 6.45) is 1.54. The van der Waals surface area contributed by atoms with Gasteiger partial charge < -0.3 is 18.9 Å². The zero-order valence-electron chi connectivity index (χ0n) is 17.0. The van der Waals surface area contributed by atoms with Crippen molar-refractivity contribution in [2.75, 3.05) is 27.9 Å². The molecule has 0 saturated heterocycles. The van der Waals surface area contributed by atoms with Gasteiger partial charge in [-0.15, -0.1) is 0 Å². The first-order valence-electron chi connectivity index (χ1n) is 9.18.